The normalized spacial score (nSPS) is 21.2. The van der Waals surface area contributed by atoms with Gasteiger partial charge >= 0.3 is 0 Å². The second-order valence-electron chi connectivity index (χ2n) is 5.31. The van der Waals surface area contributed by atoms with Crippen LogP contribution in [0, 0.1) is 15.5 Å². The number of Topliss-reactive ketones (excluding diaryl/α,β-unsaturated/α-hetero) is 2. The molecule has 0 radical (unpaired) electrons. The fourth-order valence-electron chi connectivity index (χ4n) is 2.62. The first-order valence-corrected chi connectivity index (χ1v) is 6.89. The standard InChI is InChI=1S/C16H15NO5/c1-11(18)16(9-2-3-15(16)20)10-8-14(19)12-4-6-13(7-5-12)17(21)22/h4-8,10H,2-3,9H2,1H3/b10-8-/t16-/m0/s1. The average molecular weight is 301 g/mol. The molecule has 0 amide bonds. The van der Waals surface area contributed by atoms with Crippen LogP contribution in [0.15, 0.2) is 36.4 Å². The van der Waals surface area contributed by atoms with E-state index in [1.165, 1.54) is 43.3 Å². The Morgan fingerprint density at radius 3 is 2.36 bits per heavy atom. The minimum Gasteiger partial charge on any atom is -0.299 e. The summed E-state index contributed by atoms with van der Waals surface area (Å²) in [7, 11) is 0. The highest BCUT2D eigenvalue weighted by atomic mass is 16.6. The predicted octanol–water partition coefficient (Wildman–Crippen LogP) is 2.66. The predicted molar refractivity (Wildman–Crippen MR) is 78.5 cm³/mol. The topological polar surface area (TPSA) is 94.3 Å². The Balaban J connectivity index is 2.21. The summed E-state index contributed by atoms with van der Waals surface area (Å²) in [5, 5.41) is 10.6. The summed E-state index contributed by atoms with van der Waals surface area (Å²) in [4.78, 5) is 45.8. The van der Waals surface area contributed by atoms with Crippen LogP contribution in [0.25, 0.3) is 0 Å². The summed E-state index contributed by atoms with van der Waals surface area (Å²) in [6.07, 6.45) is 4.00. The van der Waals surface area contributed by atoms with Crippen LogP contribution in [0.1, 0.15) is 36.5 Å². The molecule has 0 spiro atoms. The summed E-state index contributed by atoms with van der Waals surface area (Å²) in [6, 6.07) is 5.18. The minimum absolute atomic E-state index is 0.105. The maximum absolute atomic E-state index is 12.1. The number of nitro benzene ring substituents is 1. The summed E-state index contributed by atoms with van der Waals surface area (Å²) < 4.78 is 0. The van der Waals surface area contributed by atoms with Gasteiger partial charge in [-0.1, -0.05) is 6.08 Å². The third-order valence-corrected chi connectivity index (χ3v) is 3.98. The van der Waals surface area contributed by atoms with E-state index in [0.29, 0.717) is 19.3 Å². The molecule has 0 N–H and O–H groups in total. The first-order chi connectivity index (χ1) is 10.4. The van der Waals surface area contributed by atoms with E-state index < -0.39 is 16.1 Å². The van der Waals surface area contributed by atoms with Gasteiger partial charge in [0.05, 0.1) is 4.92 Å². The van der Waals surface area contributed by atoms with Crippen molar-refractivity contribution in [2.24, 2.45) is 5.41 Å². The highest BCUT2D eigenvalue weighted by Gasteiger charge is 2.43. The number of allylic oxidation sites excluding steroid dienone is 2. The van der Waals surface area contributed by atoms with Crippen LogP contribution in [0.5, 0.6) is 0 Å². The number of non-ortho nitro benzene ring substituents is 1. The zero-order valence-electron chi connectivity index (χ0n) is 12.1. The van der Waals surface area contributed by atoms with Crippen molar-refractivity contribution in [1.82, 2.24) is 0 Å². The number of carbonyl (C=O) groups excluding carboxylic acids is 3. The molecule has 6 nitrogen and oxygen atoms in total. The Morgan fingerprint density at radius 2 is 1.91 bits per heavy atom. The summed E-state index contributed by atoms with van der Waals surface area (Å²) >= 11 is 0. The molecule has 1 fully saturated rings. The average Bonchev–Trinajstić information content (AvgIpc) is 2.87. The molecule has 22 heavy (non-hydrogen) atoms. The van der Waals surface area contributed by atoms with Crippen LogP contribution < -0.4 is 0 Å². The van der Waals surface area contributed by atoms with E-state index in [4.69, 9.17) is 0 Å². The monoisotopic (exact) mass is 301 g/mol. The van der Waals surface area contributed by atoms with Crippen LogP contribution >= 0.6 is 0 Å². The molecule has 2 rings (SSSR count). The molecule has 0 aliphatic heterocycles. The number of carbonyl (C=O) groups is 3. The van der Waals surface area contributed by atoms with Gasteiger partial charge in [0, 0.05) is 24.1 Å². The Kier molecular flexibility index (Phi) is 4.30. The fraction of sp³-hybridized carbons (Fsp3) is 0.312. The lowest BCUT2D eigenvalue weighted by atomic mass is 9.80. The van der Waals surface area contributed by atoms with E-state index in [2.05, 4.69) is 0 Å². The molecule has 0 heterocycles. The van der Waals surface area contributed by atoms with Gasteiger partial charge in [-0.3, -0.25) is 24.5 Å². The number of nitrogens with zero attached hydrogens (tertiary/aromatic N) is 1. The minimum atomic E-state index is -1.18. The van der Waals surface area contributed by atoms with Gasteiger partial charge in [-0.25, -0.2) is 0 Å². The van der Waals surface area contributed by atoms with Crippen molar-refractivity contribution in [3.05, 3.63) is 52.1 Å². The third-order valence-electron chi connectivity index (χ3n) is 3.98. The van der Waals surface area contributed by atoms with Gasteiger partial charge in [-0.05, 0) is 38.0 Å². The van der Waals surface area contributed by atoms with Gasteiger partial charge < -0.3 is 0 Å². The molecule has 114 valence electrons. The van der Waals surface area contributed by atoms with E-state index in [-0.39, 0.29) is 22.8 Å². The van der Waals surface area contributed by atoms with Crippen LogP contribution in [0.2, 0.25) is 0 Å². The van der Waals surface area contributed by atoms with Crippen LogP contribution in [-0.2, 0) is 9.59 Å². The Morgan fingerprint density at radius 1 is 1.27 bits per heavy atom. The molecular formula is C16H15NO5. The van der Waals surface area contributed by atoms with Gasteiger partial charge in [0.15, 0.2) is 5.78 Å². The number of rotatable bonds is 5. The number of hydrogen-bond donors (Lipinski definition) is 0. The van der Waals surface area contributed by atoms with Gasteiger partial charge in [0.1, 0.15) is 17.0 Å². The van der Waals surface area contributed by atoms with E-state index in [9.17, 15) is 24.5 Å². The van der Waals surface area contributed by atoms with Crippen molar-refractivity contribution in [1.29, 1.82) is 0 Å². The van der Waals surface area contributed by atoms with Crippen LogP contribution in [0.3, 0.4) is 0 Å². The van der Waals surface area contributed by atoms with Crippen molar-refractivity contribution in [2.75, 3.05) is 0 Å². The molecule has 0 aromatic heterocycles. The number of ketones is 3. The van der Waals surface area contributed by atoms with Gasteiger partial charge in [0.25, 0.3) is 5.69 Å². The lowest BCUT2D eigenvalue weighted by Crippen LogP contribution is -2.31. The van der Waals surface area contributed by atoms with E-state index >= 15 is 0 Å². The van der Waals surface area contributed by atoms with E-state index in [1.54, 1.807) is 0 Å². The first kappa shape index (κ1) is 15.8. The van der Waals surface area contributed by atoms with Gasteiger partial charge in [-0.2, -0.15) is 0 Å². The van der Waals surface area contributed by atoms with Crippen molar-refractivity contribution in [2.45, 2.75) is 26.2 Å². The second kappa shape index (κ2) is 6.01. The Hall–Kier alpha value is -2.63. The summed E-state index contributed by atoms with van der Waals surface area (Å²) in [5.41, 5.74) is -1.02. The maximum Gasteiger partial charge on any atom is 0.269 e. The lowest BCUT2D eigenvalue weighted by molar-refractivity contribution is -0.384. The van der Waals surface area contributed by atoms with Crippen LogP contribution in [0.4, 0.5) is 5.69 Å². The van der Waals surface area contributed by atoms with Gasteiger partial charge in [-0.15, -0.1) is 0 Å². The maximum atomic E-state index is 12.1. The second-order valence-corrected chi connectivity index (χ2v) is 5.31. The molecule has 1 atom stereocenters. The van der Waals surface area contributed by atoms with E-state index in [0.717, 1.165) is 0 Å². The number of benzene rings is 1. The highest BCUT2D eigenvalue weighted by Crippen LogP contribution is 2.37. The SMILES string of the molecule is CC(=O)[C@@]1(/C=C\C(=O)c2ccc([N+](=O)[O-])cc2)CCCC1=O. The zero-order chi connectivity index (χ0) is 16.3. The van der Waals surface area contributed by atoms with Crippen molar-refractivity contribution in [3.63, 3.8) is 0 Å². The summed E-state index contributed by atoms with van der Waals surface area (Å²) in [5.74, 6) is -0.814. The van der Waals surface area contributed by atoms with Crippen molar-refractivity contribution < 1.29 is 19.3 Å². The zero-order valence-corrected chi connectivity index (χ0v) is 12.1. The fourth-order valence-corrected chi connectivity index (χ4v) is 2.62. The van der Waals surface area contributed by atoms with Gasteiger partial charge in [0.2, 0.25) is 0 Å². The molecule has 1 aliphatic rings. The number of nitro groups is 1. The molecule has 0 saturated heterocycles. The van der Waals surface area contributed by atoms with Crippen molar-refractivity contribution in [3.8, 4) is 0 Å². The summed E-state index contributed by atoms with van der Waals surface area (Å²) in [6.45, 7) is 1.35. The molecule has 0 bridgehead atoms. The smallest absolute Gasteiger partial charge is 0.269 e. The van der Waals surface area contributed by atoms with Crippen LogP contribution in [-0.4, -0.2) is 22.3 Å². The third kappa shape index (κ3) is 2.86. The molecule has 0 unspecified atom stereocenters. The van der Waals surface area contributed by atoms with E-state index in [1.807, 2.05) is 0 Å². The molecule has 6 heteroatoms. The quantitative estimate of drug-likeness (QED) is 0.274. The molecule has 1 aromatic rings. The molecule has 1 aliphatic carbocycles. The molecule has 1 aromatic carbocycles. The largest absolute Gasteiger partial charge is 0.299 e. The number of hydrogen-bond acceptors (Lipinski definition) is 5. The molecule has 1 saturated carbocycles. The Labute approximate surface area is 127 Å². The lowest BCUT2D eigenvalue weighted by Gasteiger charge is -2.19. The molecular weight excluding hydrogens is 286 g/mol. The Bertz CT molecular complexity index is 674. The first-order valence-electron chi connectivity index (χ1n) is 6.89. The highest BCUT2D eigenvalue weighted by molar-refractivity contribution is 6.11. The van der Waals surface area contributed by atoms with Crippen molar-refractivity contribution >= 4 is 23.0 Å².